The molecule has 21 heavy (non-hydrogen) atoms. The van der Waals surface area contributed by atoms with Crippen LogP contribution in [0.15, 0.2) is 30.3 Å². The van der Waals surface area contributed by atoms with E-state index in [1.807, 2.05) is 0 Å². The second-order valence-corrected chi connectivity index (χ2v) is 4.98. The van der Waals surface area contributed by atoms with Crippen molar-refractivity contribution in [1.82, 2.24) is 15.5 Å². The van der Waals surface area contributed by atoms with Crippen molar-refractivity contribution in [2.75, 3.05) is 13.1 Å². The molecule has 7 nitrogen and oxygen atoms in total. The van der Waals surface area contributed by atoms with Crippen molar-refractivity contribution in [3.63, 3.8) is 0 Å². The van der Waals surface area contributed by atoms with Gasteiger partial charge in [-0.3, -0.25) is 4.79 Å². The third-order valence-corrected chi connectivity index (χ3v) is 3.17. The lowest BCUT2D eigenvalue weighted by Crippen LogP contribution is -2.57. The molecule has 2 atom stereocenters. The van der Waals surface area contributed by atoms with Crippen LogP contribution in [-0.2, 0) is 9.59 Å². The number of piperazine rings is 1. The van der Waals surface area contributed by atoms with Gasteiger partial charge in [0.2, 0.25) is 5.91 Å². The van der Waals surface area contributed by atoms with Gasteiger partial charge >= 0.3 is 12.0 Å². The van der Waals surface area contributed by atoms with Crippen LogP contribution < -0.4 is 10.6 Å². The molecule has 1 saturated heterocycles. The van der Waals surface area contributed by atoms with E-state index in [9.17, 15) is 19.5 Å². The minimum Gasteiger partial charge on any atom is -0.479 e. The molecule has 1 heterocycles. The topological polar surface area (TPSA) is 98.7 Å². The summed E-state index contributed by atoms with van der Waals surface area (Å²) in [4.78, 5) is 36.2. The molecule has 3 N–H and O–H groups in total. The van der Waals surface area contributed by atoms with Gasteiger partial charge in [0.25, 0.3) is 0 Å². The zero-order valence-corrected chi connectivity index (χ0v) is 11.6. The molecule has 1 aromatic carbocycles. The van der Waals surface area contributed by atoms with Gasteiger partial charge in [-0.05, 0) is 12.5 Å². The number of aliphatic carboxylic acids is 1. The summed E-state index contributed by atoms with van der Waals surface area (Å²) in [5.41, 5.74) is 0.479. The minimum atomic E-state index is -1.15. The predicted octanol–water partition coefficient (Wildman–Crippen LogP) is 0.342. The van der Waals surface area contributed by atoms with Gasteiger partial charge in [-0.1, -0.05) is 30.3 Å². The van der Waals surface area contributed by atoms with Crippen LogP contribution in [0, 0.1) is 0 Å². The number of nitrogens with one attached hydrogen (secondary N) is 2. The zero-order chi connectivity index (χ0) is 15.4. The van der Waals surface area contributed by atoms with Crippen LogP contribution in [-0.4, -0.2) is 47.0 Å². The maximum Gasteiger partial charge on any atom is 0.330 e. The van der Waals surface area contributed by atoms with E-state index in [0.717, 1.165) is 0 Å². The fourth-order valence-electron chi connectivity index (χ4n) is 2.24. The first kappa shape index (κ1) is 14.8. The van der Waals surface area contributed by atoms with E-state index in [-0.39, 0.29) is 18.5 Å². The third-order valence-electron chi connectivity index (χ3n) is 3.17. The van der Waals surface area contributed by atoms with Crippen LogP contribution in [0.4, 0.5) is 4.79 Å². The summed E-state index contributed by atoms with van der Waals surface area (Å²) in [6.07, 6.45) is 0. The number of rotatable bonds is 3. The molecule has 7 heteroatoms. The van der Waals surface area contributed by atoms with Crippen molar-refractivity contribution in [2.45, 2.75) is 19.0 Å². The Kier molecular flexibility index (Phi) is 4.42. The number of carboxylic acids is 1. The molecule has 2 unspecified atom stereocenters. The van der Waals surface area contributed by atoms with Gasteiger partial charge in [0.1, 0.15) is 6.54 Å². The summed E-state index contributed by atoms with van der Waals surface area (Å²) in [5.74, 6) is -1.40. The van der Waals surface area contributed by atoms with E-state index in [0.29, 0.717) is 12.1 Å². The number of benzene rings is 1. The molecule has 0 saturated carbocycles. The highest BCUT2D eigenvalue weighted by Crippen LogP contribution is 2.13. The van der Waals surface area contributed by atoms with Crippen molar-refractivity contribution in [1.29, 1.82) is 0 Å². The van der Waals surface area contributed by atoms with Crippen molar-refractivity contribution in [2.24, 2.45) is 0 Å². The standard InChI is InChI=1S/C14H17N3O4/c1-9-7-17(8-11(18)15-9)14(21)16-12(13(19)20)10-5-3-2-4-6-10/h2-6,9,12H,7-8H2,1H3,(H,15,18)(H,16,21)(H,19,20). The van der Waals surface area contributed by atoms with Gasteiger partial charge < -0.3 is 20.6 Å². The van der Waals surface area contributed by atoms with Crippen molar-refractivity contribution >= 4 is 17.9 Å². The number of urea groups is 1. The summed E-state index contributed by atoms with van der Waals surface area (Å²) < 4.78 is 0. The van der Waals surface area contributed by atoms with Gasteiger partial charge in [0.05, 0.1) is 0 Å². The smallest absolute Gasteiger partial charge is 0.330 e. The van der Waals surface area contributed by atoms with E-state index >= 15 is 0 Å². The monoisotopic (exact) mass is 291 g/mol. The highest BCUT2D eigenvalue weighted by Gasteiger charge is 2.29. The Labute approximate surface area is 121 Å². The first-order valence-electron chi connectivity index (χ1n) is 6.60. The van der Waals surface area contributed by atoms with Gasteiger partial charge in [0.15, 0.2) is 6.04 Å². The fraction of sp³-hybridized carbons (Fsp3) is 0.357. The molecule has 1 fully saturated rings. The molecule has 0 spiro atoms. The van der Waals surface area contributed by atoms with Crippen LogP contribution in [0.5, 0.6) is 0 Å². The first-order chi connectivity index (χ1) is 9.97. The summed E-state index contributed by atoms with van der Waals surface area (Å²) in [5, 5.41) is 14.4. The molecule has 1 aromatic rings. The predicted molar refractivity (Wildman–Crippen MR) is 74.5 cm³/mol. The largest absolute Gasteiger partial charge is 0.479 e. The molecule has 112 valence electrons. The van der Waals surface area contributed by atoms with E-state index in [2.05, 4.69) is 10.6 Å². The van der Waals surface area contributed by atoms with Crippen molar-refractivity contribution < 1.29 is 19.5 Å². The summed E-state index contributed by atoms with van der Waals surface area (Å²) in [7, 11) is 0. The van der Waals surface area contributed by atoms with Gasteiger partial charge in [0, 0.05) is 12.6 Å². The minimum absolute atomic E-state index is 0.0721. The molecular weight excluding hydrogens is 274 g/mol. The maximum absolute atomic E-state index is 12.1. The zero-order valence-electron chi connectivity index (χ0n) is 11.6. The van der Waals surface area contributed by atoms with Crippen LogP contribution in [0.2, 0.25) is 0 Å². The second-order valence-electron chi connectivity index (χ2n) is 4.98. The number of hydrogen-bond acceptors (Lipinski definition) is 3. The molecule has 0 radical (unpaired) electrons. The highest BCUT2D eigenvalue weighted by molar-refractivity contribution is 5.88. The number of carbonyl (C=O) groups excluding carboxylic acids is 2. The fourth-order valence-corrected chi connectivity index (χ4v) is 2.24. The molecule has 1 aliphatic rings. The quantitative estimate of drug-likeness (QED) is 0.748. The summed E-state index contributed by atoms with van der Waals surface area (Å²) in [6.45, 7) is 2.05. The van der Waals surface area contributed by atoms with Crippen LogP contribution in [0.1, 0.15) is 18.5 Å². The van der Waals surface area contributed by atoms with Crippen molar-refractivity contribution in [3.05, 3.63) is 35.9 Å². The first-order valence-corrected chi connectivity index (χ1v) is 6.60. The van der Waals surface area contributed by atoms with Gasteiger partial charge in [-0.15, -0.1) is 0 Å². The van der Waals surface area contributed by atoms with E-state index < -0.39 is 18.0 Å². The second kappa shape index (κ2) is 6.25. The van der Waals surface area contributed by atoms with E-state index in [1.54, 1.807) is 37.3 Å². The molecule has 1 aliphatic heterocycles. The summed E-state index contributed by atoms with van der Waals surface area (Å²) >= 11 is 0. The Hall–Kier alpha value is -2.57. The molecular formula is C14H17N3O4. The van der Waals surface area contributed by atoms with Gasteiger partial charge in [-0.2, -0.15) is 0 Å². The SMILES string of the molecule is CC1CN(C(=O)NC(C(=O)O)c2ccccc2)CC(=O)N1. The summed E-state index contributed by atoms with van der Waals surface area (Å²) in [6, 6.07) is 6.57. The molecule has 2 rings (SSSR count). The van der Waals surface area contributed by atoms with Crippen LogP contribution in [0.3, 0.4) is 0 Å². The normalized spacial score (nSPS) is 19.6. The Morgan fingerprint density at radius 1 is 1.38 bits per heavy atom. The third kappa shape index (κ3) is 3.71. The lowest BCUT2D eigenvalue weighted by molar-refractivity contribution is -0.139. The Morgan fingerprint density at radius 2 is 2.05 bits per heavy atom. The number of nitrogens with zero attached hydrogens (tertiary/aromatic N) is 1. The Morgan fingerprint density at radius 3 is 2.62 bits per heavy atom. The molecule has 0 aromatic heterocycles. The maximum atomic E-state index is 12.1. The average Bonchev–Trinajstić information content (AvgIpc) is 2.44. The van der Waals surface area contributed by atoms with Crippen LogP contribution >= 0.6 is 0 Å². The average molecular weight is 291 g/mol. The van der Waals surface area contributed by atoms with Gasteiger partial charge in [-0.25, -0.2) is 9.59 Å². The number of hydrogen-bond donors (Lipinski definition) is 3. The molecule has 3 amide bonds. The Bertz CT molecular complexity index is 546. The highest BCUT2D eigenvalue weighted by atomic mass is 16.4. The number of amides is 3. The Balaban J connectivity index is 2.09. The lowest BCUT2D eigenvalue weighted by atomic mass is 10.1. The molecule has 0 aliphatic carbocycles. The van der Waals surface area contributed by atoms with Crippen LogP contribution in [0.25, 0.3) is 0 Å². The van der Waals surface area contributed by atoms with E-state index in [4.69, 9.17) is 0 Å². The number of carbonyl (C=O) groups is 3. The van der Waals surface area contributed by atoms with E-state index in [1.165, 1.54) is 4.90 Å². The van der Waals surface area contributed by atoms with Crippen molar-refractivity contribution in [3.8, 4) is 0 Å². The number of carboxylic acid groups (broad SMARTS) is 1. The molecule has 0 bridgehead atoms. The lowest BCUT2D eigenvalue weighted by Gasteiger charge is -2.32.